The molecule has 106 valence electrons. The summed E-state index contributed by atoms with van der Waals surface area (Å²) in [6.07, 6.45) is 0. The standard InChI is InChI=1S/C13H19NO4S/c1-5-17-12(15)9-8(7(3)4)10(19-11(9)14)13(16)18-6-2/h7H,5-6,14H2,1-4H3. The lowest BCUT2D eigenvalue weighted by Gasteiger charge is -2.10. The van der Waals surface area contributed by atoms with Gasteiger partial charge in [-0.2, -0.15) is 0 Å². The molecule has 2 N–H and O–H groups in total. The van der Waals surface area contributed by atoms with Crippen LogP contribution >= 0.6 is 11.3 Å². The van der Waals surface area contributed by atoms with Gasteiger partial charge in [0.05, 0.1) is 18.8 Å². The highest BCUT2D eigenvalue weighted by atomic mass is 32.1. The van der Waals surface area contributed by atoms with Gasteiger partial charge in [-0.15, -0.1) is 11.3 Å². The van der Waals surface area contributed by atoms with Crippen molar-refractivity contribution in [3.63, 3.8) is 0 Å². The molecule has 0 aliphatic carbocycles. The molecule has 1 heterocycles. The number of nitrogen functional groups attached to an aromatic ring is 1. The average molecular weight is 285 g/mol. The molecule has 0 unspecified atom stereocenters. The summed E-state index contributed by atoms with van der Waals surface area (Å²) in [5.74, 6) is -0.957. The van der Waals surface area contributed by atoms with Crippen LogP contribution in [0.5, 0.6) is 0 Å². The van der Waals surface area contributed by atoms with Gasteiger partial charge in [-0.1, -0.05) is 13.8 Å². The molecule has 0 atom stereocenters. The number of hydrogen-bond acceptors (Lipinski definition) is 6. The highest BCUT2D eigenvalue weighted by molar-refractivity contribution is 7.18. The zero-order valence-corrected chi connectivity index (χ0v) is 12.4. The van der Waals surface area contributed by atoms with Gasteiger partial charge >= 0.3 is 11.9 Å². The Labute approximate surface area is 116 Å². The van der Waals surface area contributed by atoms with Gasteiger partial charge in [-0.05, 0) is 25.3 Å². The van der Waals surface area contributed by atoms with Crippen molar-refractivity contribution in [3.8, 4) is 0 Å². The molecule has 0 saturated carbocycles. The molecular weight excluding hydrogens is 266 g/mol. The van der Waals surface area contributed by atoms with Crippen LogP contribution in [-0.2, 0) is 9.47 Å². The predicted octanol–water partition coefficient (Wildman–Crippen LogP) is 2.81. The van der Waals surface area contributed by atoms with Crippen molar-refractivity contribution in [3.05, 3.63) is 16.0 Å². The molecule has 1 aromatic rings. The number of thiophene rings is 1. The number of hydrogen-bond donors (Lipinski definition) is 1. The molecule has 0 aliphatic heterocycles. The van der Waals surface area contributed by atoms with Crippen LogP contribution in [-0.4, -0.2) is 25.2 Å². The topological polar surface area (TPSA) is 78.6 Å². The summed E-state index contributed by atoms with van der Waals surface area (Å²) in [7, 11) is 0. The predicted molar refractivity (Wildman–Crippen MR) is 74.7 cm³/mol. The van der Waals surface area contributed by atoms with Crippen molar-refractivity contribution in [2.24, 2.45) is 0 Å². The van der Waals surface area contributed by atoms with Crippen LogP contribution in [0.3, 0.4) is 0 Å². The van der Waals surface area contributed by atoms with Crippen LogP contribution in [0.4, 0.5) is 5.00 Å². The molecule has 0 spiro atoms. The van der Waals surface area contributed by atoms with Gasteiger partial charge in [-0.3, -0.25) is 0 Å². The van der Waals surface area contributed by atoms with E-state index in [0.717, 1.165) is 11.3 Å². The van der Waals surface area contributed by atoms with Gasteiger partial charge in [0.1, 0.15) is 9.88 Å². The molecule has 0 bridgehead atoms. The molecular formula is C13H19NO4S. The van der Waals surface area contributed by atoms with Crippen LogP contribution < -0.4 is 5.73 Å². The summed E-state index contributed by atoms with van der Waals surface area (Å²) in [4.78, 5) is 24.2. The van der Waals surface area contributed by atoms with Crippen LogP contribution in [0.25, 0.3) is 0 Å². The first-order valence-electron chi connectivity index (χ1n) is 6.20. The maximum absolute atomic E-state index is 11.9. The maximum Gasteiger partial charge on any atom is 0.348 e. The number of esters is 2. The second kappa shape index (κ2) is 6.56. The van der Waals surface area contributed by atoms with E-state index in [-0.39, 0.29) is 19.1 Å². The van der Waals surface area contributed by atoms with Crippen LogP contribution in [0.2, 0.25) is 0 Å². The first-order valence-corrected chi connectivity index (χ1v) is 7.01. The molecule has 0 amide bonds. The van der Waals surface area contributed by atoms with E-state index in [1.54, 1.807) is 13.8 Å². The van der Waals surface area contributed by atoms with E-state index >= 15 is 0 Å². The van der Waals surface area contributed by atoms with Crippen molar-refractivity contribution >= 4 is 28.3 Å². The van der Waals surface area contributed by atoms with E-state index in [0.29, 0.717) is 21.0 Å². The lowest BCUT2D eigenvalue weighted by molar-refractivity contribution is 0.0526. The quantitative estimate of drug-likeness (QED) is 0.842. The molecule has 1 rings (SSSR count). The summed E-state index contributed by atoms with van der Waals surface area (Å²) in [5.41, 5.74) is 6.76. The van der Waals surface area contributed by atoms with Gasteiger partial charge in [0.25, 0.3) is 0 Å². The first kappa shape index (κ1) is 15.5. The Morgan fingerprint density at radius 1 is 1.16 bits per heavy atom. The minimum Gasteiger partial charge on any atom is -0.462 e. The minimum atomic E-state index is -0.490. The normalized spacial score (nSPS) is 10.6. The zero-order chi connectivity index (χ0) is 14.6. The molecule has 19 heavy (non-hydrogen) atoms. The monoisotopic (exact) mass is 285 g/mol. The first-order chi connectivity index (χ1) is 8.93. The Hall–Kier alpha value is -1.56. The fourth-order valence-corrected chi connectivity index (χ4v) is 2.88. The third kappa shape index (κ3) is 3.26. The molecule has 0 fully saturated rings. The van der Waals surface area contributed by atoms with E-state index in [1.165, 1.54) is 0 Å². The summed E-state index contributed by atoms with van der Waals surface area (Å²) < 4.78 is 9.98. The Bertz CT molecular complexity index is 479. The summed E-state index contributed by atoms with van der Waals surface area (Å²) in [5, 5.41) is 0.296. The van der Waals surface area contributed by atoms with E-state index in [9.17, 15) is 9.59 Å². The molecule has 0 saturated heterocycles. The minimum absolute atomic E-state index is 0.0210. The van der Waals surface area contributed by atoms with Gasteiger partial charge in [0.2, 0.25) is 0 Å². The van der Waals surface area contributed by atoms with Crippen LogP contribution in [0.1, 0.15) is 59.2 Å². The third-order valence-corrected chi connectivity index (χ3v) is 3.50. The number of nitrogens with two attached hydrogens (primary N) is 1. The maximum atomic E-state index is 11.9. The zero-order valence-electron chi connectivity index (χ0n) is 11.6. The number of carbonyl (C=O) groups excluding carboxylic acids is 2. The fourth-order valence-electron chi connectivity index (χ4n) is 1.78. The van der Waals surface area contributed by atoms with Crippen molar-refractivity contribution < 1.29 is 19.1 Å². The van der Waals surface area contributed by atoms with E-state index in [4.69, 9.17) is 15.2 Å². The number of ether oxygens (including phenoxy) is 2. The van der Waals surface area contributed by atoms with Gasteiger partial charge in [0.15, 0.2) is 0 Å². The van der Waals surface area contributed by atoms with Crippen molar-refractivity contribution in [1.29, 1.82) is 0 Å². The Kier molecular flexibility index (Phi) is 5.35. The summed E-state index contributed by atoms with van der Waals surface area (Å²) >= 11 is 1.07. The number of anilines is 1. The Morgan fingerprint density at radius 3 is 2.16 bits per heavy atom. The molecule has 0 aromatic carbocycles. The molecule has 6 heteroatoms. The Balaban J connectivity index is 3.32. The van der Waals surface area contributed by atoms with Crippen LogP contribution in [0.15, 0.2) is 0 Å². The smallest absolute Gasteiger partial charge is 0.348 e. The van der Waals surface area contributed by atoms with Crippen molar-refractivity contribution in [2.75, 3.05) is 18.9 Å². The molecule has 1 aromatic heterocycles. The lowest BCUT2D eigenvalue weighted by Crippen LogP contribution is -2.12. The van der Waals surface area contributed by atoms with E-state index in [1.807, 2.05) is 13.8 Å². The Morgan fingerprint density at radius 2 is 1.68 bits per heavy atom. The molecule has 0 aliphatic rings. The fraction of sp³-hybridized carbons (Fsp3) is 0.538. The summed E-state index contributed by atoms with van der Waals surface area (Å²) in [6.45, 7) is 7.79. The highest BCUT2D eigenvalue weighted by Gasteiger charge is 2.28. The van der Waals surface area contributed by atoms with E-state index in [2.05, 4.69) is 0 Å². The van der Waals surface area contributed by atoms with E-state index < -0.39 is 11.9 Å². The number of rotatable bonds is 5. The lowest BCUT2D eigenvalue weighted by atomic mass is 9.98. The molecule has 0 radical (unpaired) electrons. The van der Waals surface area contributed by atoms with Crippen molar-refractivity contribution in [2.45, 2.75) is 33.6 Å². The second-order valence-corrected chi connectivity index (χ2v) is 5.23. The summed E-state index contributed by atoms with van der Waals surface area (Å²) in [6, 6.07) is 0. The number of carbonyl (C=O) groups is 2. The van der Waals surface area contributed by atoms with Gasteiger partial charge in [0, 0.05) is 0 Å². The van der Waals surface area contributed by atoms with Crippen LogP contribution in [0, 0.1) is 0 Å². The van der Waals surface area contributed by atoms with Crippen molar-refractivity contribution in [1.82, 2.24) is 0 Å². The SMILES string of the molecule is CCOC(=O)c1sc(N)c(C(=O)OCC)c1C(C)C. The van der Waals surface area contributed by atoms with Gasteiger partial charge in [-0.25, -0.2) is 9.59 Å². The second-order valence-electron chi connectivity index (χ2n) is 4.18. The van der Waals surface area contributed by atoms with Gasteiger partial charge < -0.3 is 15.2 Å². The molecule has 5 nitrogen and oxygen atoms in total. The average Bonchev–Trinajstić information content (AvgIpc) is 2.67. The largest absolute Gasteiger partial charge is 0.462 e. The highest BCUT2D eigenvalue weighted by Crippen LogP contribution is 2.37. The third-order valence-electron chi connectivity index (χ3n) is 2.49.